The normalized spacial score (nSPS) is 20.4. The van der Waals surface area contributed by atoms with Gasteiger partial charge in [-0.2, -0.15) is 0 Å². The van der Waals surface area contributed by atoms with Crippen molar-refractivity contribution in [3.8, 4) is 0 Å². The van der Waals surface area contributed by atoms with Crippen LogP contribution in [0.25, 0.3) is 0 Å². The first kappa shape index (κ1) is 15.5. The van der Waals surface area contributed by atoms with E-state index in [1.165, 1.54) is 0 Å². The lowest BCUT2D eigenvalue weighted by Crippen LogP contribution is -2.22. The fourth-order valence-electron chi connectivity index (χ4n) is 1.89. The smallest absolute Gasteiger partial charge is 0.309 e. The average molecular weight is 405 g/mol. The van der Waals surface area contributed by atoms with Crippen molar-refractivity contribution in [3.63, 3.8) is 0 Å². The lowest BCUT2D eigenvalue weighted by molar-refractivity contribution is -0.148. The largest absolute Gasteiger partial charge is 0.455 e. The van der Waals surface area contributed by atoms with Crippen LogP contribution in [0.3, 0.4) is 0 Å². The maximum atomic E-state index is 11.8. The number of hydrogen-bond donors (Lipinski definition) is 1. The second kappa shape index (κ2) is 6.26. The Labute approximate surface area is 134 Å². The Bertz CT molecular complexity index is 536. The van der Waals surface area contributed by atoms with Gasteiger partial charge in [-0.3, -0.25) is 9.59 Å². The average Bonchev–Trinajstić information content (AvgIpc) is 3.08. The van der Waals surface area contributed by atoms with Crippen molar-refractivity contribution < 1.29 is 14.3 Å². The highest BCUT2D eigenvalue weighted by molar-refractivity contribution is 9.11. The number of nitrogens with one attached hydrogen (secondary N) is 1. The van der Waals surface area contributed by atoms with Crippen LogP contribution in [0.4, 0.5) is 5.69 Å². The number of amides is 1. The standard InChI is InChI=1S/C14H15Br2NO3/c1-7-3-10(15)13(11(16)4-7)17-12(18)6-20-14(19)9-5-8(9)2/h3-4,8-9H,5-6H2,1-2H3,(H,17,18)/t8-,9-/m0/s1. The van der Waals surface area contributed by atoms with Gasteiger partial charge in [0.15, 0.2) is 6.61 Å². The first-order chi connectivity index (χ1) is 9.38. The molecule has 1 N–H and O–H groups in total. The molecule has 1 saturated carbocycles. The molecule has 0 radical (unpaired) electrons. The summed E-state index contributed by atoms with van der Waals surface area (Å²) in [6.07, 6.45) is 0.857. The summed E-state index contributed by atoms with van der Waals surface area (Å²) < 4.78 is 6.55. The zero-order valence-corrected chi connectivity index (χ0v) is 14.4. The summed E-state index contributed by atoms with van der Waals surface area (Å²) in [6, 6.07) is 3.80. The third kappa shape index (κ3) is 3.82. The van der Waals surface area contributed by atoms with Crippen molar-refractivity contribution in [1.82, 2.24) is 0 Å². The van der Waals surface area contributed by atoms with Gasteiger partial charge in [0.1, 0.15) is 0 Å². The lowest BCUT2D eigenvalue weighted by atomic mass is 10.2. The summed E-state index contributed by atoms with van der Waals surface area (Å²) in [6.45, 7) is 3.70. The molecule has 0 heterocycles. The van der Waals surface area contributed by atoms with Crippen molar-refractivity contribution in [2.45, 2.75) is 20.3 Å². The second-order valence-electron chi connectivity index (χ2n) is 5.08. The van der Waals surface area contributed by atoms with Crippen molar-refractivity contribution >= 4 is 49.4 Å². The number of carbonyl (C=O) groups excluding carboxylic acids is 2. The number of rotatable bonds is 4. The van der Waals surface area contributed by atoms with Gasteiger partial charge >= 0.3 is 5.97 Å². The van der Waals surface area contributed by atoms with Crippen LogP contribution in [0, 0.1) is 18.8 Å². The van der Waals surface area contributed by atoms with Crippen molar-refractivity contribution in [1.29, 1.82) is 0 Å². The van der Waals surface area contributed by atoms with Gasteiger partial charge < -0.3 is 10.1 Å². The Kier molecular flexibility index (Phi) is 4.86. The molecule has 1 fully saturated rings. The van der Waals surface area contributed by atoms with Crippen molar-refractivity contribution in [2.75, 3.05) is 11.9 Å². The van der Waals surface area contributed by atoms with Crippen LogP contribution in [-0.2, 0) is 14.3 Å². The number of carbonyl (C=O) groups is 2. The van der Waals surface area contributed by atoms with E-state index >= 15 is 0 Å². The Morgan fingerprint density at radius 2 is 1.90 bits per heavy atom. The minimum absolute atomic E-state index is 0.0272. The van der Waals surface area contributed by atoms with Crippen LogP contribution >= 0.6 is 31.9 Å². The fraction of sp³-hybridized carbons (Fsp3) is 0.429. The number of aryl methyl sites for hydroxylation is 1. The molecule has 1 amide bonds. The fourth-order valence-corrected chi connectivity index (χ4v) is 3.50. The molecule has 2 rings (SSSR count). The van der Waals surface area contributed by atoms with E-state index < -0.39 is 0 Å². The molecule has 0 saturated heterocycles. The van der Waals surface area contributed by atoms with Crippen LogP contribution in [0.5, 0.6) is 0 Å². The van der Waals surface area contributed by atoms with E-state index in [1.54, 1.807) is 0 Å². The van der Waals surface area contributed by atoms with Gasteiger partial charge in [0, 0.05) is 8.95 Å². The van der Waals surface area contributed by atoms with E-state index in [9.17, 15) is 9.59 Å². The van der Waals surface area contributed by atoms with E-state index in [2.05, 4.69) is 37.2 Å². The molecule has 6 heteroatoms. The number of halogens is 2. The van der Waals surface area contributed by atoms with E-state index in [4.69, 9.17) is 4.74 Å². The zero-order valence-electron chi connectivity index (χ0n) is 11.2. The quantitative estimate of drug-likeness (QED) is 0.779. The van der Waals surface area contributed by atoms with Crippen LogP contribution in [0.15, 0.2) is 21.1 Å². The minimum Gasteiger partial charge on any atom is -0.455 e. The predicted octanol–water partition coefficient (Wildman–Crippen LogP) is 3.66. The van der Waals surface area contributed by atoms with Gasteiger partial charge in [-0.05, 0) is 68.8 Å². The second-order valence-corrected chi connectivity index (χ2v) is 6.79. The Balaban J connectivity index is 1.90. The van der Waals surface area contributed by atoms with E-state index in [-0.39, 0.29) is 24.4 Å². The van der Waals surface area contributed by atoms with Crippen molar-refractivity contribution in [2.24, 2.45) is 11.8 Å². The molecular weight excluding hydrogens is 390 g/mol. The van der Waals surface area contributed by atoms with Gasteiger partial charge in [0.05, 0.1) is 11.6 Å². The third-order valence-electron chi connectivity index (χ3n) is 3.21. The molecule has 1 aromatic carbocycles. The molecular formula is C14H15Br2NO3. The maximum Gasteiger partial charge on any atom is 0.309 e. The number of benzene rings is 1. The van der Waals surface area contributed by atoms with Gasteiger partial charge in [-0.25, -0.2) is 0 Å². The van der Waals surface area contributed by atoms with Crippen molar-refractivity contribution in [3.05, 3.63) is 26.6 Å². The minimum atomic E-state index is -0.350. The Hall–Kier alpha value is -0.880. The summed E-state index contributed by atoms with van der Waals surface area (Å²) in [5.41, 5.74) is 1.70. The molecule has 0 spiro atoms. The number of ether oxygens (including phenoxy) is 1. The monoisotopic (exact) mass is 403 g/mol. The van der Waals surface area contributed by atoms with Gasteiger partial charge in [-0.15, -0.1) is 0 Å². The molecule has 0 unspecified atom stereocenters. The van der Waals surface area contributed by atoms with E-state index in [0.717, 1.165) is 20.9 Å². The Morgan fingerprint density at radius 3 is 2.40 bits per heavy atom. The molecule has 1 aliphatic carbocycles. The van der Waals surface area contributed by atoms with Crippen LogP contribution in [-0.4, -0.2) is 18.5 Å². The van der Waals surface area contributed by atoms with Gasteiger partial charge in [0.2, 0.25) is 0 Å². The third-order valence-corrected chi connectivity index (χ3v) is 4.46. The zero-order chi connectivity index (χ0) is 14.9. The Morgan fingerprint density at radius 1 is 1.35 bits per heavy atom. The molecule has 0 aromatic heterocycles. The molecule has 0 aliphatic heterocycles. The summed E-state index contributed by atoms with van der Waals surface area (Å²) in [5.74, 6) is -0.279. The molecule has 2 atom stereocenters. The predicted molar refractivity (Wildman–Crippen MR) is 83.4 cm³/mol. The summed E-state index contributed by atoms with van der Waals surface area (Å²) >= 11 is 6.79. The lowest BCUT2D eigenvalue weighted by Gasteiger charge is -2.11. The summed E-state index contributed by atoms with van der Waals surface area (Å²) in [4.78, 5) is 23.3. The summed E-state index contributed by atoms with van der Waals surface area (Å²) in [5, 5.41) is 2.72. The highest BCUT2D eigenvalue weighted by atomic mass is 79.9. The number of esters is 1. The first-order valence-electron chi connectivity index (χ1n) is 6.30. The topological polar surface area (TPSA) is 55.4 Å². The highest BCUT2D eigenvalue weighted by Gasteiger charge is 2.40. The number of anilines is 1. The van der Waals surface area contributed by atoms with Crippen LogP contribution in [0.2, 0.25) is 0 Å². The first-order valence-corrected chi connectivity index (χ1v) is 7.89. The van der Waals surface area contributed by atoms with E-state index in [0.29, 0.717) is 11.6 Å². The molecule has 1 aliphatic rings. The highest BCUT2D eigenvalue weighted by Crippen LogP contribution is 2.38. The molecule has 108 valence electrons. The van der Waals surface area contributed by atoms with Crippen LogP contribution in [0.1, 0.15) is 18.9 Å². The number of hydrogen-bond acceptors (Lipinski definition) is 3. The maximum absolute atomic E-state index is 11.8. The molecule has 1 aromatic rings. The molecule has 0 bridgehead atoms. The van der Waals surface area contributed by atoms with Crippen LogP contribution < -0.4 is 5.32 Å². The molecule has 4 nitrogen and oxygen atoms in total. The van der Waals surface area contributed by atoms with E-state index in [1.807, 2.05) is 26.0 Å². The summed E-state index contributed by atoms with van der Waals surface area (Å²) in [7, 11) is 0. The SMILES string of the molecule is Cc1cc(Br)c(NC(=O)COC(=O)[C@H]2C[C@@H]2C)c(Br)c1. The molecule has 20 heavy (non-hydrogen) atoms. The van der Waals surface area contributed by atoms with Gasteiger partial charge in [-0.1, -0.05) is 6.92 Å². The van der Waals surface area contributed by atoms with Gasteiger partial charge in [0.25, 0.3) is 5.91 Å².